The summed E-state index contributed by atoms with van der Waals surface area (Å²) in [5.74, 6) is -1.60. The van der Waals surface area contributed by atoms with Crippen molar-refractivity contribution in [1.29, 1.82) is 0 Å². The van der Waals surface area contributed by atoms with Crippen molar-refractivity contribution in [2.24, 2.45) is 0 Å². The van der Waals surface area contributed by atoms with Crippen molar-refractivity contribution in [3.63, 3.8) is 0 Å². The zero-order chi connectivity index (χ0) is 24.7. The second-order valence-corrected chi connectivity index (χ2v) is 14.9. The molecule has 5 heteroatoms. The first-order valence-electron chi connectivity index (χ1n) is 11.5. The molecule has 0 saturated heterocycles. The van der Waals surface area contributed by atoms with Gasteiger partial charge in [0, 0.05) is 5.56 Å². The van der Waals surface area contributed by atoms with E-state index in [1.54, 1.807) is 6.07 Å². The highest BCUT2D eigenvalue weighted by atomic mass is 28.4. The van der Waals surface area contributed by atoms with E-state index in [0.717, 1.165) is 38.2 Å². The van der Waals surface area contributed by atoms with Gasteiger partial charge in [-0.1, -0.05) is 87.5 Å². The van der Waals surface area contributed by atoms with Gasteiger partial charge in [-0.2, -0.15) is 0 Å². The minimum absolute atomic E-state index is 0.211. The predicted molar refractivity (Wildman–Crippen MR) is 141 cm³/mol. The maximum Gasteiger partial charge on any atom is 0.421 e. The van der Waals surface area contributed by atoms with Gasteiger partial charge in [0.05, 0.1) is 0 Å². The van der Waals surface area contributed by atoms with Crippen molar-refractivity contribution in [3.8, 4) is 16.9 Å². The van der Waals surface area contributed by atoms with E-state index in [4.69, 9.17) is 9.16 Å². The molecule has 0 unspecified atom stereocenters. The molecule has 0 amide bonds. The Kier molecular flexibility index (Phi) is 6.08. The van der Waals surface area contributed by atoms with Gasteiger partial charge >= 0.3 is 11.9 Å². The number of carbonyl (C=O) groups is 2. The molecule has 4 rings (SSSR count). The van der Waals surface area contributed by atoms with E-state index in [9.17, 15) is 9.59 Å². The van der Waals surface area contributed by atoms with Crippen LogP contribution in [0.3, 0.4) is 0 Å². The molecule has 0 spiro atoms. The van der Waals surface area contributed by atoms with Gasteiger partial charge in [-0.3, -0.25) is 0 Å². The van der Waals surface area contributed by atoms with Crippen LogP contribution in [0, 0.1) is 6.92 Å². The van der Waals surface area contributed by atoms with Gasteiger partial charge in [0.15, 0.2) is 0 Å². The molecule has 0 saturated carbocycles. The quantitative estimate of drug-likeness (QED) is 0.135. The molecule has 0 radical (unpaired) electrons. The van der Waals surface area contributed by atoms with Crippen LogP contribution < -0.4 is 4.74 Å². The van der Waals surface area contributed by atoms with E-state index in [1.165, 1.54) is 0 Å². The van der Waals surface area contributed by atoms with Crippen LogP contribution in [-0.4, -0.2) is 20.3 Å². The van der Waals surface area contributed by atoms with E-state index in [-0.39, 0.29) is 5.04 Å². The van der Waals surface area contributed by atoms with E-state index >= 15 is 0 Å². The standard InChI is InChI=1S/C29H30O4Si/c1-19-15-16-20-11-7-9-13-22(20)25(19)26-23-14-10-8-12-21(23)17-18-24(26)32-27(30)28(31)33-34(5,6)29(2,3)4/h7-18H,1-6H3. The third-order valence-corrected chi connectivity index (χ3v) is 11.1. The van der Waals surface area contributed by atoms with Crippen molar-refractivity contribution in [2.75, 3.05) is 0 Å². The lowest BCUT2D eigenvalue weighted by molar-refractivity contribution is -0.156. The van der Waals surface area contributed by atoms with Gasteiger partial charge in [0.25, 0.3) is 8.32 Å². The molecule has 4 aromatic carbocycles. The molecule has 0 aliphatic heterocycles. The number of aryl methyl sites for hydroxylation is 1. The van der Waals surface area contributed by atoms with E-state index in [1.807, 2.05) is 83.3 Å². The van der Waals surface area contributed by atoms with Crippen LogP contribution in [0.5, 0.6) is 5.75 Å². The second-order valence-electron chi connectivity index (χ2n) is 10.2. The Hall–Kier alpha value is -3.44. The summed E-state index contributed by atoms with van der Waals surface area (Å²) in [5.41, 5.74) is 2.83. The lowest BCUT2D eigenvalue weighted by Crippen LogP contribution is -2.45. The summed E-state index contributed by atoms with van der Waals surface area (Å²) in [4.78, 5) is 25.6. The van der Waals surface area contributed by atoms with E-state index in [0.29, 0.717) is 5.75 Å². The molecule has 34 heavy (non-hydrogen) atoms. The third kappa shape index (κ3) is 4.36. The number of hydrogen-bond acceptors (Lipinski definition) is 4. The van der Waals surface area contributed by atoms with Crippen molar-refractivity contribution in [3.05, 3.63) is 78.4 Å². The van der Waals surface area contributed by atoms with Crippen LogP contribution in [0.2, 0.25) is 18.1 Å². The Balaban J connectivity index is 1.84. The van der Waals surface area contributed by atoms with Crippen LogP contribution in [-0.2, 0) is 14.0 Å². The number of fused-ring (bicyclic) bond motifs is 2. The first kappa shape index (κ1) is 23.7. The average Bonchev–Trinajstić information content (AvgIpc) is 2.78. The first-order valence-corrected chi connectivity index (χ1v) is 14.4. The van der Waals surface area contributed by atoms with Gasteiger partial charge in [0.1, 0.15) is 5.75 Å². The minimum Gasteiger partial charge on any atom is -0.511 e. The zero-order valence-electron chi connectivity index (χ0n) is 20.6. The summed E-state index contributed by atoms with van der Waals surface area (Å²) in [7, 11) is -2.46. The van der Waals surface area contributed by atoms with Crippen LogP contribution >= 0.6 is 0 Å². The molecule has 0 bridgehead atoms. The molecule has 0 aliphatic rings. The molecule has 4 aromatic rings. The predicted octanol–water partition coefficient (Wildman–Crippen LogP) is 7.42. The zero-order valence-corrected chi connectivity index (χ0v) is 21.6. The summed E-state index contributed by atoms with van der Waals surface area (Å²) in [6.07, 6.45) is 0. The maximum absolute atomic E-state index is 12.9. The number of rotatable bonds is 3. The van der Waals surface area contributed by atoms with Crippen LogP contribution in [0.1, 0.15) is 26.3 Å². The van der Waals surface area contributed by atoms with Crippen LogP contribution in [0.25, 0.3) is 32.7 Å². The smallest absolute Gasteiger partial charge is 0.421 e. The van der Waals surface area contributed by atoms with E-state index < -0.39 is 20.3 Å². The minimum atomic E-state index is -2.46. The number of carbonyl (C=O) groups excluding carboxylic acids is 2. The molecular formula is C29H30O4Si. The number of benzene rings is 4. The molecule has 4 nitrogen and oxygen atoms in total. The largest absolute Gasteiger partial charge is 0.511 e. The fourth-order valence-electron chi connectivity index (χ4n) is 3.87. The SMILES string of the molecule is Cc1ccc2ccccc2c1-c1c(OC(=O)C(=O)O[Si](C)(C)C(C)(C)C)ccc2ccccc12. The molecule has 174 valence electrons. The molecule has 0 aromatic heterocycles. The fourth-order valence-corrected chi connectivity index (χ4v) is 4.73. The van der Waals surface area contributed by atoms with Crippen LogP contribution in [0.4, 0.5) is 0 Å². The molecule has 0 atom stereocenters. The van der Waals surface area contributed by atoms with Gasteiger partial charge < -0.3 is 9.16 Å². The topological polar surface area (TPSA) is 52.6 Å². The summed E-state index contributed by atoms with van der Waals surface area (Å²) in [6, 6.07) is 23.9. The Morgan fingerprint density at radius 2 is 1.24 bits per heavy atom. The maximum atomic E-state index is 12.9. The normalized spacial score (nSPS) is 12.1. The summed E-state index contributed by atoms with van der Waals surface area (Å²) in [6.45, 7) is 12.0. The van der Waals surface area contributed by atoms with E-state index in [2.05, 4.69) is 24.3 Å². The Morgan fingerprint density at radius 1 is 0.706 bits per heavy atom. The highest BCUT2D eigenvalue weighted by Crippen LogP contribution is 2.42. The number of hydrogen-bond donors (Lipinski definition) is 0. The first-order chi connectivity index (χ1) is 16.0. The Labute approximate surface area is 201 Å². The number of ether oxygens (including phenoxy) is 1. The van der Waals surface area contributed by atoms with Gasteiger partial charge in [0.2, 0.25) is 0 Å². The fraction of sp³-hybridized carbons (Fsp3) is 0.241. The Morgan fingerprint density at radius 3 is 1.82 bits per heavy atom. The lowest BCUT2D eigenvalue weighted by Gasteiger charge is -2.34. The highest BCUT2D eigenvalue weighted by Gasteiger charge is 2.42. The third-order valence-electron chi connectivity index (χ3n) is 6.80. The second kappa shape index (κ2) is 8.73. The monoisotopic (exact) mass is 470 g/mol. The highest BCUT2D eigenvalue weighted by molar-refractivity contribution is 6.76. The van der Waals surface area contributed by atoms with Crippen molar-refractivity contribution in [1.82, 2.24) is 0 Å². The molecule has 0 heterocycles. The van der Waals surface area contributed by atoms with Gasteiger partial charge in [-0.15, -0.1) is 0 Å². The van der Waals surface area contributed by atoms with Crippen molar-refractivity contribution >= 4 is 41.8 Å². The lowest BCUT2D eigenvalue weighted by atomic mass is 9.90. The number of esters is 1. The average molecular weight is 471 g/mol. The van der Waals surface area contributed by atoms with Gasteiger partial charge in [-0.25, -0.2) is 9.59 Å². The Bertz CT molecular complexity index is 1410. The summed E-state index contributed by atoms with van der Waals surface area (Å²) >= 11 is 0. The van der Waals surface area contributed by atoms with Crippen molar-refractivity contribution < 1.29 is 18.8 Å². The summed E-state index contributed by atoms with van der Waals surface area (Å²) < 4.78 is 11.4. The van der Waals surface area contributed by atoms with Crippen molar-refractivity contribution in [2.45, 2.75) is 45.8 Å². The molecule has 0 fully saturated rings. The molecule has 0 N–H and O–H groups in total. The molecule has 0 aliphatic carbocycles. The van der Waals surface area contributed by atoms with Gasteiger partial charge in [-0.05, 0) is 63.8 Å². The molecular weight excluding hydrogens is 440 g/mol. The summed E-state index contributed by atoms with van der Waals surface area (Å²) in [5, 5.41) is 3.90. The van der Waals surface area contributed by atoms with Crippen LogP contribution in [0.15, 0.2) is 72.8 Å².